The van der Waals surface area contributed by atoms with E-state index in [4.69, 9.17) is 0 Å². The Hall–Kier alpha value is -0.770. The molecular weight excluding hydrogens is 262 g/mol. The van der Waals surface area contributed by atoms with Crippen LogP contribution in [0.3, 0.4) is 0 Å². The van der Waals surface area contributed by atoms with Crippen molar-refractivity contribution >= 4 is 6.03 Å². The van der Waals surface area contributed by atoms with Gasteiger partial charge < -0.3 is 15.5 Å². The maximum atomic E-state index is 12.0. The second-order valence-electron chi connectivity index (χ2n) is 6.48. The summed E-state index contributed by atoms with van der Waals surface area (Å²) in [6.07, 6.45) is 6.17. The number of nitrogens with one attached hydrogen (secondary N) is 2. The molecule has 0 radical (unpaired) electrons. The van der Waals surface area contributed by atoms with Crippen LogP contribution >= 0.6 is 0 Å². The fourth-order valence-electron chi connectivity index (χ4n) is 3.62. The van der Waals surface area contributed by atoms with E-state index >= 15 is 0 Å². The summed E-state index contributed by atoms with van der Waals surface area (Å²) >= 11 is 0. The van der Waals surface area contributed by atoms with Crippen molar-refractivity contribution in [2.75, 3.05) is 20.1 Å². The van der Waals surface area contributed by atoms with Crippen molar-refractivity contribution in [2.24, 2.45) is 11.8 Å². The van der Waals surface area contributed by atoms with Gasteiger partial charge in [-0.25, -0.2) is 4.79 Å². The standard InChI is InChI=1S/C17H35N3O/c1-6-9-10-14(7-2)16(18-5)15(8-3)12-20-13(4)11-19-17(20)21/h13-16,18H,6-12H2,1-5H3,(H,19,21). The highest BCUT2D eigenvalue weighted by atomic mass is 16.2. The van der Waals surface area contributed by atoms with Gasteiger partial charge in [-0.2, -0.15) is 0 Å². The number of rotatable bonds is 10. The van der Waals surface area contributed by atoms with Crippen LogP contribution in [0.2, 0.25) is 0 Å². The van der Waals surface area contributed by atoms with E-state index < -0.39 is 0 Å². The van der Waals surface area contributed by atoms with Gasteiger partial charge in [-0.1, -0.05) is 46.5 Å². The second-order valence-corrected chi connectivity index (χ2v) is 6.48. The van der Waals surface area contributed by atoms with E-state index in [9.17, 15) is 4.79 Å². The Morgan fingerprint density at radius 2 is 1.95 bits per heavy atom. The number of unbranched alkanes of at least 4 members (excludes halogenated alkanes) is 1. The van der Waals surface area contributed by atoms with Gasteiger partial charge in [-0.05, 0) is 32.2 Å². The summed E-state index contributed by atoms with van der Waals surface area (Å²) in [7, 11) is 2.08. The molecule has 0 aromatic carbocycles. The smallest absolute Gasteiger partial charge is 0.317 e. The number of hydrogen-bond donors (Lipinski definition) is 2. The minimum atomic E-state index is 0.109. The third-order valence-electron chi connectivity index (χ3n) is 5.10. The number of urea groups is 1. The highest BCUT2D eigenvalue weighted by Gasteiger charge is 2.33. The van der Waals surface area contributed by atoms with E-state index in [2.05, 4.69) is 45.4 Å². The molecule has 1 heterocycles. The van der Waals surface area contributed by atoms with Crippen LogP contribution in [0, 0.1) is 11.8 Å². The summed E-state index contributed by atoms with van der Waals surface area (Å²) in [5.41, 5.74) is 0. The number of carbonyl (C=O) groups excluding carboxylic acids is 1. The molecule has 0 bridgehead atoms. The fourth-order valence-corrected chi connectivity index (χ4v) is 3.62. The zero-order valence-electron chi connectivity index (χ0n) is 14.6. The minimum absolute atomic E-state index is 0.109. The normalized spacial score (nSPS) is 23.0. The topological polar surface area (TPSA) is 44.4 Å². The van der Waals surface area contributed by atoms with Crippen molar-refractivity contribution in [1.29, 1.82) is 0 Å². The van der Waals surface area contributed by atoms with E-state index in [0.717, 1.165) is 19.5 Å². The first kappa shape index (κ1) is 18.3. The van der Waals surface area contributed by atoms with Crippen LogP contribution in [-0.4, -0.2) is 43.2 Å². The first-order valence-electron chi connectivity index (χ1n) is 8.80. The average molecular weight is 297 g/mol. The van der Waals surface area contributed by atoms with Gasteiger partial charge in [-0.3, -0.25) is 0 Å². The fraction of sp³-hybridized carbons (Fsp3) is 0.941. The first-order chi connectivity index (χ1) is 10.1. The third kappa shape index (κ3) is 4.87. The molecule has 4 atom stereocenters. The van der Waals surface area contributed by atoms with Crippen LogP contribution in [0.5, 0.6) is 0 Å². The molecule has 0 aliphatic carbocycles. The predicted octanol–water partition coefficient (Wildman–Crippen LogP) is 3.23. The number of amides is 2. The molecule has 124 valence electrons. The summed E-state index contributed by atoms with van der Waals surface area (Å²) in [6.45, 7) is 10.6. The van der Waals surface area contributed by atoms with Crippen molar-refractivity contribution in [1.82, 2.24) is 15.5 Å². The Bertz CT molecular complexity index is 308. The average Bonchev–Trinajstić information content (AvgIpc) is 2.81. The van der Waals surface area contributed by atoms with Crippen LogP contribution in [0.15, 0.2) is 0 Å². The molecule has 1 aliphatic rings. The third-order valence-corrected chi connectivity index (χ3v) is 5.10. The van der Waals surface area contributed by atoms with Gasteiger partial charge in [-0.15, -0.1) is 0 Å². The van der Waals surface area contributed by atoms with Gasteiger partial charge in [0, 0.05) is 25.2 Å². The van der Waals surface area contributed by atoms with Crippen LogP contribution in [0.4, 0.5) is 4.79 Å². The molecular formula is C17H35N3O. The van der Waals surface area contributed by atoms with Crippen molar-refractivity contribution in [2.45, 2.75) is 71.9 Å². The minimum Gasteiger partial charge on any atom is -0.336 e. The zero-order valence-corrected chi connectivity index (χ0v) is 14.6. The molecule has 0 aromatic rings. The van der Waals surface area contributed by atoms with Crippen molar-refractivity contribution < 1.29 is 4.79 Å². The maximum absolute atomic E-state index is 12.0. The molecule has 0 spiro atoms. The van der Waals surface area contributed by atoms with E-state index in [1.807, 2.05) is 4.90 Å². The molecule has 2 amide bonds. The lowest BCUT2D eigenvalue weighted by Gasteiger charge is -2.36. The van der Waals surface area contributed by atoms with Crippen LogP contribution in [0.25, 0.3) is 0 Å². The maximum Gasteiger partial charge on any atom is 0.317 e. The van der Waals surface area contributed by atoms with Crippen molar-refractivity contribution in [3.8, 4) is 0 Å². The van der Waals surface area contributed by atoms with Crippen molar-refractivity contribution in [3.63, 3.8) is 0 Å². The SMILES string of the molecule is CCCCC(CC)C(NC)C(CC)CN1C(=O)NCC1C. The van der Waals surface area contributed by atoms with E-state index in [1.165, 1.54) is 25.7 Å². The summed E-state index contributed by atoms with van der Waals surface area (Å²) in [5.74, 6) is 1.24. The Balaban J connectivity index is 2.71. The Kier molecular flexibility index (Phi) is 8.09. The van der Waals surface area contributed by atoms with Crippen LogP contribution in [0.1, 0.15) is 59.8 Å². The molecule has 0 saturated carbocycles. The highest BCUT2D eigenvalue weighted by molar-refractivity contribution is 5.76. The molecule has 1 aliphatic heterocycles. The molecule has 1 fully saturated rings. The first-order valence-corrected chi connectivity index (χ1v) is 8.80. The Morgan fingerprint density at radius 3 is 2.38 bits per heavy atom. The molecule has 4 heteroatoms. The Labute approximate surface area is 131 Å². The largest absolute Gasteiger partial charge is 0.336 e. The summed E-state index contributed by atoms with van der Waals surface area (Å²) in [6, 6.07) is 0.935. The molecule has 2 N–H and O–H groups in total. The lowest BCUT2D eigenvalue weighted by atomic mass is 9.81. The molecule has 1 rings (SSSR count). The quantitative estimate of drug-likeness (QED) is 0.650. The zero-order chi connectivity index (χ0) is 15.8. The number of hydrogen-bond acceptors (Lipinski definition) is 2. The summed E-state index contributed by atoms with van der Waals surface area (Å²) < 4.78 is 0. The van der Waals surface area contributed by atoms with E-state index in [-0.39, 0.29) is 6.03 Å². The highest BCUT2D eigenvalue weighted by Crippen LogP contribution is 2.26. The second kappa shape index (κ2) is 9.29. The number of nitrogens with zero attached hydrogens (tertiary/aromatic N) is 1. The Morgan fingerprint density at radius 1 is 1.29 bits per heavy atom. The van der Waals surface area contributed by atoms with Gasteiger partial charge in [0.2, 0.25) is 0 Å². The van der Waals surface area contributed by atoms with Gasteiger partial charge in [0.15, 0.2) is 0 Å². The molecule has 1 saturated heterocycles. The molecule has 4 nitrogen and oxygen atoms in total. The van der Waals surface area contributed by atoms with Gasteiger partial charge in [0.25, 0.3) is 0 Å². The lowest BCUT2D eigenvalue weighted by Crippen LogP contribution is -2.47. The monoisotopic (exact) mass is 297 g/mol. The van der Waals surface area contributed by atoms with Crippen LogP contribution in [-0.2, 0) is 0 Å². The van der Waals surface area contributed by atoms with Gasteiger partial charge >= 0.3 is 6.03 Å². The predicted molar refractivity (Wildman–Crippen MR) is 89.5 cm³/mol. The van der Waals surface area contributed by atoms with E-state index in [0.29, 0.717) is 23.9 Å². The van der Waals surface area contributed by atoms with E-state index in [1.54, 1.807) is 0 Å². The van der Waals surface area contributed by atoms with Crippen LogP contribution < -0.4 is 10.6 Å². The summed E-state index contributed by atoms with van der Waals surface area (Å²) in [5, 5.41) is 6.51. The van der Waals surface area contributed by atoms with Gasteiger partial charge in [0.05, 0.1) is 0 Å². The molecule has 4 unspecified atom stereocenters. The summed E-state index contributed by atoms with van der Waals surface area (Å²) in [4.78, 5) is 14.0. The number of carbonyl (C=O) groups is 1. The van der Waals surface area contributed by atoms with Crippen molar-refractivity contribution in [3.05, 3.63) is 0 Å². The van der Waals surface area contributed by atoms with Gasteiger partial charge in [0.1, 0.15) is 0 Å². The lowest BCUT2D eigenvalue weighted by molar-refractivity contribution is 0.163. The molecule has 21 heavy (non-hydrogen) atoms. The molecule has 0 aromatic heterocycles.